The smallest absolute Gasteiger partial charge is 0.387 e. The lowest BCUT2D eigenvalue weighted by atomic mass is 10.0. The van der Waals surface area contributed by atoms with Gasteiger partial charge >= 0.3 is 6.61 Å². The van der Waals surface area contributed by atoms with Crippen molar-refractivity contribution in [2.24, 2.45) is 0 Å². The Hall–Kier alpha value is -1.11. The molecule has 0 aliphatic rings. The van der Waals surface area contributed by atoms with E-state index < -0.39 is 30.1 Å². The predicted octanol–water partition coefficient (Wildman–Crippen LogP) is 4.19. The van der Waals surface area contributed by atoms with Crippen LogP contribution in [0.1, 0.15) is 29.3 Å². The van der Waals surface area contributed by atoms with Crippen LogP contribution in [0.5, 0.6) is 5.75 Å². The monoisotopic (exact) mass is 314 g/mol. The molecule has 0 saturated heterocycles. The summed E-state index contributed by atoms with van der Waals surface area (Å²) in [5, 5.41) is 0. The molecule has 0 heterocycles. The van der Waals surface area contributed by atoms with Crippen LogP contribution in [0.15, 0.2) is 16.6 Å². The fraction of sp³-hybridized carbons (Fsp3) is 0.300. The van der Waals surface area contributed by atoms with Gasteiger partial charge in [-0.15, -0.1) is 0 Å². The summed E-state index contributed by atoms with van der Waals surface area (Å²) in [4.78, 5) is 11.1. The Morgan fingerprint density at radius 1 is 1.29 bits per heavy atom. The minimum atomic E-state index is -3.12. The molecular formula is C10H7BrF4O2. The van der Waals surface area contributed by atoms with E-state index in [0.29, 0.717) is 0 Å². The first kappa shape index (κ1) is 14.0. The largest absolute Gasteiger partial charge is 0.434 e. The minimum absolute atomic E-state index is 0.0207. The number of benzene rings is 1. The van der Waals surface area contributed by atoms with Gasteiger partial charge in [-0.2, -0.15) is 8.78 Å². The van der Waals surface area contributed by atoms with Gasteiger partial charge in [0.25, 0.3) is 6.43 Å². The first-order valence-corrected chi connectivity index (χ1v) is 5.19. The number of hydrogen-bond acceptors (Lipinski definition) is 2. The van der Waals surface area contributed by atoms with Crippen LogP contribution in [0.2, 0.25) is 0 Å². The Labute approximate surface area is 103 Å². The topological polar surface area (TPSA) is 26.3 Å². The third-order valence-corrected chi connectivity index (χ3v) is 2.55. The Bertz CT molecular complexity index is 435. The van der Waals surface area contributed by atoms with Crippen molar-refractivity contribution < 1.29 is 27.1 Å². The summed E-state index contributed by atoms with van der Waals surface area (Å²) in [6, 6.07) is 1.78. The third-order valence-electron chi connectivity index (χ3n) is 1.93. The van der Waals surface area contributed by atoms with Crippen LogP contribution in [0, 0.1) is 0 Å². The van der Waals surface area contributed by atoms with E-state index in [1.54, 1.807) is 0 Å². The van der Waals surface area contributed by atoms with Crippen molar-refractivity contribution in [3.05, 3.63) is 27.7 Å². The molecule has 0 aliphatic heterocycles. The number of alkyl halides is 4. The Kier molecular flexibility index (Phi) is 4.50. The molecule has 0 radical (unpaired) electrons. The molecule has 1 aromatic rings. The van der Waals surface area contributed by atoms with E-state index in [9.17, 15) is 22.4 Å². The SMILES string of the molecule is CC(=O)c1cc(Br)c(OC(F)F)cc1C(F)F. The number of carbonyl (C=O) groups is 1. The molecule has 17 heavy (non-hydrogen) atoms. The van der Waals surface area contributed by atoms with Gasteiger partial charge in [-0.25, -0.2) is 8.78 Å². The van der Waals surface area contributed by atoms with Gasteiger partial charge in [0.2, 0.25) is 0 Å². The minimum Gasteiger partial charge on any atom is -0.434 e. The molecule has 0 atom stereocenters. The summed E-state index contributed by atoms with van der Waals surface area (Å²) in [5.74, 6) is -1.01. The van der Waals surface area contributed by atoms with E-state index in [2.05, 4.69) is 20.7 Å². The fourth-order valence-corrected chi connectivity index (χ4v) is 1.68. The van der Waals surface area contributed by atoms with Crippen molar-refractivity contribution in [2.45, 2.75) is 20.0 Å². The first-order valence-electron chi connectivity index (χ1n) is 4.40. The molecule has 1 aromatic carbocycles. The van der Waals surface area contributed by atoms with Crippen molar-refractivity contribution >= 4 is 21.7 Å². The molecule has 0 unspecified atom stereocenters. The maximum absolute atomic E-state index is 12.6. The second-order valence-electron chi connectivity index (χ2n) is 3.11. The normalized spacial score (nSPS) is 11.1. The zero-order valence-corrected chi connectivity index (χ0v) is 10.1. The number of carbonyl (C=O) groups excluding carboxylic acids is 1. The molecule has 7 heteroatoms. The summed E-state index contributed by atoms with van der Waals surface area (Å²) in [6.45, 7) is -2.01. The molecule has 0 aromatic heterocycles. The lowest BCUT2D eigenvalue weighted by Gasteiger charge is -2.12. The molecule has 0 N–H and O–H groups in total. The standard InChI is InChI=1S/C10H7BrF4O2/c1-4(16)5-2-7(11)8(17-10(14)15)3-6(5)9(12)13/h2-3,9-10H,1H3. The van der Waals surface area contributed by atoms with Gasteiger partial charge in [-0.3, -0.25) is 4.79 Å². The lowest BCUT2D eigenvalue weighted by molar-refractivity contribution is -0.0505. The lowest BCUT2D eigenvalue weighted by Crippen LogP contribution is -2.06. The van der Waals surface area contributed by atoms with Crippen molar-refractivity contribution in [3.63, 3.8) is 0 Å². The van der Waals surface area contributed by atoms with Crippen molar-refractivity contribution in [1.82, 2.24) is 0 Å². The molecule has 0 aliphatic carbocycles. The number of halogens is 5. The number of hydrogen-bond donors (Lipinski definition) is 0. The molecule has 0 bridgehead atoms. The average Bonchev–Trinajstić information content (AvgIpc) is 2.19. The summed E-state index contributed by atoms with van der Waals surface area (Å²) in [5.41, 5.74) is -0.857. The summed E-state index contributed by atoms with van der Waals surface area (Å²) in [6.07, 6.45) is -2.94. The Balaban J connectivity index is 3.29. The van der Waals surface area contributed by atoms with Gasteiger partial charge in [-0.1, -0.05) is 0 Å². The quantitative estimate of drug-likeness (QED) is 0.615. The van der Waals surface area contributed by atoms with E-state index in [1.807, 2.05) is 0 Å². The summed E-state index contributed by atoms with van der Waals surface area (Å²) >= 11 is 2.87. The van der Waals surface area contributed by atoms with Gasteiger partial charge in [-0.05, 0) is 35.0 Å². The highest BCUT2D eigenvalue weighted by Gasteiger charge is 2.20. The predicted molar refractivity (Wildman–Crippen MR) is 55.7 cm³/mol. The van der Waals surface area contributed by atoms with Gasteiger partial charge < -0.3 is 4.74 Å². The Morgan fingerprint density at radius 2 is 1.88 bits per heavy atom. The average molecular weight is 315 g/mol. The molecule has 0 fully saturated rings. The number of ether oxygens (including phenoxy) is 1. The molecule has 0 saturated carbocycles. The maximum Gasteiger partial charge on any atom is 0.387 e. The zero-order valence-electron chi connectivity index (χ0n) is 8.52. The van der Waals surface area contributed by atoms with Crippen LogP contribution >= 0.6 is 15.9 Å². The molecule has 2 nitrogen and oxygen atoms in total. The number of ketones is 1. The van der Waals surface area contributed by atoms with Crippen LogP contribution in [0.4, 0.5) is 17.6 Å². The highest BCUT2D eigenvalue weighted by Crippen LogP contribution is 2.34. The number of rotatable bonds is 4. The summed E-state index contributed by atoms with van der Waals surface area (Å²) < 4.78 is 53.3. The number of Topliss-reactive ketones (excluding diaryl/α,β-unsaturated/α-hetero) is 1. The zero-order chi connectivity index (χ0) is 13.2. The molecule has 94 valence electrons. The van der Waals surface area contributed by atoms with Crippen LogP contribution in [0.3, 0.4) is 0 Å². The molecule has 1 rings (SSSR count). The fourth-order valence-electron chi connectivity index (χ4n) is 1.24. The van der Waals surface area contributed by atoms with E-state index in [4.69, 9.17) is 0 Å². The third kappa shape index (κ3) is 3.42. The highest BCUT2D eigenvalue weighted by atomic mass is 79.9. The van der Waals surface area contributed by atoms with Crippen LogP contribution in [-0.2, 0) is 0 Å². The van der Waals surface area contributed by atoms with Crippen LogP contribution in [-0.4, -0.2) is 12.4 Å². The summed E-state index contributed by atoms with van der Waals surface area (Å²) in [7, 11) is 0. The van der Waals surface area contributed by atoms with Gasteiger partial charge in [0.05, 0.1) is 4.47 Å². The van der Waals surface area contributed by atoms with Gasteiger partial charge in [0.1, 0.15) is 5.75 Å². The molecule has 0 spiro atoms. The van der Waals surface area contributed by atoms with Crippen molar-refractivity contribution in [1.29, 1.82) is 0 Å². The van der Waals surface area contributed by atoms with Crippen LogP contribution < -0.4 is 4.74 Å². The van der Waals surface area contributed by atoms with Crippen molar-refractivity contribution in [2.75, 3.05) is 0 Å². The van der Waals surface area contributed by atoms with E-state index >= 15 is 0 Å². The van der Waals surface area contributed by atoms with E-state index in [0.717, 1.165) is 19.1 Å². The van der Waals surface area contributed by atoms with E-state index in [1.165, 1.54) is 0 Å². The highest BCUT2D eigenvalue weighted by molar-refractivity contribution is 9.10. The van der Waals surface area contributed by atoms with Gasteiger partial charge in [0.15, 0.2) is 5.78 Å². The molecular weight excluding hydrogens is 308 g/mol. The van der Waals surface area contributed by atoms with Crippen LogP contribution in [0.25, 0.3) is 0 Å². The van der Waals surface area contributed by atoms with Crippen molar-refractivity contribution in [3.8, 4) is 5.75 Å². The Morgan fingerprint density at radius 3 is 2.29 bits per heavy atom. The first-order chi connectivity index (χ1) is 7.82. The second-order valence-corrected chi connectivity index (χ2v) is 3.96. The maximum atomic E-state index is 12.6. The molecule has 0 amide bonds. The van der Waals surface area contributed by atoms with E-state index in [-0.39, 0.29) is 10.0 Å². The van der Waals surface area contributed by atoms with Gasteiger partial charge in [0, 0.05) is 11.1 Å². The second kappa shape index (κ2) is 5.48.